The molecule has 0 aliphatic carbocycles. The molecule has 7 nitrogen and oxygen atoms in total. The summed E-state index contributed by atoms with van der Waals surface area (Å²) >= 11 is 0. The molecule has 0 saturated carbocycles. The first-order valence-corrected chi connectivity index (χ1v) is 9.99. The van der Waals surface area contributed by atoms with Crippen molar-refractivity contribution in [1.82, 2.24) is 9.97 Å². The van der Waals surface area contributed by atoms with E-state index in [1.165, 1.54) is 31.3 Å². The summed E-state index contributed by atoms with van der Waals surface area (Å²) in [4.78, 5) is 32.0. The highest BCUT2D eigenvalue weighted by Crippen LogP contribution is 2.31. The van der Waals surface area contributed by atoms with Gasteiger partial charge >= 0.3 is 6.18 Å². The van der Waals surface area contributed by atoms with Crippen LogP contribution in [0.25, 0.3) is 10.8 Å². The maximum absolute atomic E-state index is 13.0. The van der Waals surface area contributed by atoms with Crippen molar-refractivity contribution >= 4 is 34.2 Å². The van der Waals surface area contributed by atoms with Crippen LogP contribution in [-0.2, 0) is 11.0 Å². The lowest BCUT2D eigenvalue weighted by Gasteiger charge is -2.12. The number of rotatable bonds is 5. The van der Waals surface area contributed by atoms with Crippen LogP contribution in [0, 0.1) is 0 Å². The number of nitrogens with one attached hydrogen (secondary N) is 2. The van der Waals surface area contributed by atoms with Crippen molar-refractivity contribution in [2.24, 2.45) is 0 Å². The summed E-state index contributed by atoms with van der Waals surface area (Å²) in [5.41, 5.74) is -0.525. The monoisotopic (exact) mass is 466 g/mol. The van der Waals surface area contributed by atoms with Gasteiger partial charge in [-0.05, 0) is 53.2 Å². The van der Waals surface area contributed by atoms with Crippen molar-refractivity contribution in [3.8, 4) is 11.6 Å². The molecule has 2 amide bonds. The molecule has 0 aliphatic heterocycles. The minimum atomic E-state index is -4.51. The number of amides is 2. The molecule has 3 aromatic carbocycles. The second-order valence-corrected chi connectivity index (χ2v) is 7.22. The SMILES string of the molecule is CC(=O)Nc1nccc(Oc2ccc3c(C(=O)Nc4cccc(C(F)(F)F)c4)cccc3c2)n1. The molecule has 0 spiro atoms. The van der Waals surface area contributed by atoms with Crippen LogP contribution < -0.4 is 15.4 Å². The molecule has 0 fully saturated rings. The lowest BCUT2D eigenvalue weighted by Crippen LogP contribution is -2.13. The van der Waals surface area contributed by atoms with Crippen molar-refractivity contribution in [3.05, 3.63) is 84.1 Å². The van der Waals surface area contributed by atoms with E-state index in [4.69, 9.17) is 4.74 Å². The zero-order valence-electron chi connectivity index (χ0n) is 17.7. The van der Waals surface area contributed by atoms with E-state index < -0.39 is 17.6 Å². The molecule has 172 valence electrons. The highest BCUT2D eigenvalue weighted by Gasteiger charge is 2.30. The fourth-order valence-corrected chi connectivity index (χ4v) is 3.23. The van der Waals surface area contributed by atoms with Crippen LogP contribution in [0.1, 0.15) is 22.8 Å². The van der Waals surface area contributed by atoms with E-state index in [9.17, 15) is 22.8 Å². The quantitative estimate of drug-likeness (QED) is 0.396. The molecule has 0 bridgehead atoms. The van der Waals surface area contributed by atoms with E-state index in [1.807, 2.05) is 0 Å². The number of carbonyl (C=O) groups excluding carboxylic acids is 2. The standard InChI is InChI=1S/C24H17F3N4O3/c1-14(32)29-23-28-11-10-21(31-23)34-18-8-9-19-15(12-18)4-2-7-20(19)22(33)30-17-6-3-5-16(13-17)24(25,26)27/h2-13H,1H3,(H,30,33)(H,28,29,31,32). The van der Waals surface area contributed by atoms with Gasteiger partial charge in [0.15, 0.2) is 0 Å². The summed E-state index contributed by atoms with van der Waals surface area (Å²) in [7, 11) is 0. The number of benzene rings is 3. The molecule has 0 unspecified atom stereocenters. The van der Waals surface area contributed by atoms with Crippen molar-refractivity contribution in [2.45, 2.75) is 13.1 Å². The van der Waals surface area contributed by atoms with Gasteiger partial charge in [0.05, 0.1) is 5.56 Å². The van der Waals surface area contributed by atoms with Crippen LogP contribution in [-0.4, -0.2) is 21.8 Å². The van der Waals surface area contributed by atoms with Crippen molar-refractivity contribution in [1.29, 1.82) is 0 Å². The summed E-state index contributed by atoms with van der Waals surface area (Å²) < 4.78 is 44.6. The minimum Gasteiger partial charge on any atom is -0.439 e. The molecule has 0 atom stereocenters. The van der Waals surface area contributed by atoms with Crippen molar-refractivity contribution < 1.29 is 27.5 Å². The normalized spacial score (nSPS) is 11.2. The maximum atomic E-state index is 13.0. The Bertz CT molecular complexity index is 1390. The summed E-state index contributed by atoms with van der Waals surface area (Å²) in [5.74, 6) is -0.139. The Kier molecular flexibility index (Phi) is 6.13. The number of aromatic nitrogens is 2. The number of ether oxygens (including phenoxy) is 1. The molecular weight excluding hydrogens is 449 g/mol. The van der Waals surface area contributed by atoms with E-state index in [-0.39, 0.29) is 29.0 Å². The number of nitrogens with zero attached hydrogens (tertiary/aromatic N) is 2. The number of halogens is 3. The van der Waals surface area contributed by atoms with Crippen molar-refractivity contribution in [3.63, 3.8) is 0 Å². The summed E-state index contributed by atoms with van der Waals surface area (Å²) in [6.45, 7) is 1.33. The van der Waals surface area contributed by atoms with Crippen LogP contribution >= 0.6 is 0 Å². The first kappa shape index (κ1) is 22.7. The lowest BCUT2D eigenvalue weighted by atomic mass is 10.0. The molecule has 4 rings (SSSR count). The Labute approximate surface area is 191 Å². The molecule has 2 N–H and O–H groups in total. The number of anilines is 2. The molecule has 0 radical (unpaired) electrons. The number of hydrogen-bond donors (Lipinski definition) is 2. The van der Waals surface area contributed by atoms with E-state index in [0.29, 0.717) is 16.5 Å². The van der Waals surface area contributed by atoms with Crippen LogP contribution in [0.2, 0.25) is 0 Å². The van der Waals surface area contributed by atoms with Gasteiger partial charge in [-0.2, -0.15) is 18.2 Å². The number of alkyl halides is 3. The zero-order valence-corrected chi connectivity index (χ0v) is 17.7. The van der Waals surface area contributed by atoms with Gasteiger partial charge in [-0.25, -0.2) is 4.98 Å². The van der Waals surface area contributed by atoms with Gasteiger partial charge in [0.1, 0.15) is 5.75 Å². The van der Waals surface area contributed by atoms with Crippen LogP contribution in [0.3, 0.4) is 0 Å². The van der Waals surface area contributed by atoms with Gasteiger partial charge in [0.2, 0.25) is 17.7 Å². The fraction of sp³-hybridized carbons (Fsp3) is 0.0833. The predicted octanol–water partition coefficient (Wildman–Crippen LogP) is 5.65. The average molecular weight is 466 g/mol. The lowest BCUT2D eigenvalue weighted by molar-refractivity contribution is -0.137. The summed E-state index contributed by atoms with van der Waals surface area (Å²) in [6.07, 6.45) is -3.08. The summed E-state index contributed by atoms with van der Waals surface area (Å²) in [5, 5.41) is 6.24. The Morgan fingerprint density at radius 1 is 0.941 bits per heavy atom. The maximum Gasteiger partial charge on any atom is 0.416 e. The van der Waals surface area contributed by atoms with Gasteiger partial charge in [-0.1, -0.05) is 18.2 Å². The predicted molar refractivity (Wildman–Crippen MR) is 120 cm³/mol. The second kappa shape index (κ2) is 9.18. The van der Waals surface area contributed by atoms with E-state index >= 15 is 0 Å². The van der Waals surface area contributed by atoms with Crippen LogP contribution in [0.5, 0.6) is 11.6 Å². The van der Waals surface area contributed by atoms with Gasteiger partial charge in [-0.15, -0.1) is 0 Å². The number of carbonyl (C=O) groups is 2. The Balaban J connectivity index is 1.57. The third-order valence-corrected chi connectivity index (χ3v) is 4.68. The molecule has 4 aromatic rings. The first-order chi connectivity index (χ1) is 16.2. The molecule has 0 aliphatic rings. The minimum absolute atomic E-state index is 0.0375. The fourth-order valence-electron chi connectivity index (χ4n) is 3.23. The Morgan fingerprint density at radius 3 is 2.50 bits per heavy atom. The highest BCUT2D eigenvalue weighted by molar-refractivity contribution is 6.13. The second-order valence-electron chi connectivity index (χ2n) is 7.22. The third-order valence-electron chi connectivity index (χ3n) is 4.68. The molecule has 10 heteroatoms. The van der Waals surface area contributed by atoms with Gasteiger partial charge in [0, 0.05) is 30.4 Å². The van der Waals surface area contributed by atoms with Gasteiger partial charge in [0.25, 0.3) is 5.91 Å². The van der Waals surface area contributed by atoms with E-state index in [2.05, 4.69) is 20.6 Å². The van der Waals surface area contributed by atoms with Crippen LogP contribution in [0.4, 0.5) is 24.8 Å². The largest absolute Gasteiger partial charge is 0.439 e. The number of fused-ring (bicyclic) bond motifs is 1. The highest BCUT2D eigenvalue weighted by atomic mass is 19.4. The topological polar surface area (TPSA) is 93.2 Å². The van der Waals surface area contributed by atoms with Gasteiger partial charge < -0.3 is 10.1 Å². The summed E-state index contributed by atoms with van der Waals surface area (Å²) in [6, 6.07) is 16.0. The zero-order chi connectivity index (χ0) is 24.3. The number of hydrogen-bond acceptors (Lipinski definition) is 5. The molecule has 1 aromatic heterocycles. The van der Waals surface area contributed by atoms with Crippen LogP contribution in [0.15, 0.2) is 72.9 Å². The van der Waals surface area contributed by atoms with Crippen molar-refractivity contribution in [2.75, 3.05) is 10.6 Å². The molecule has 1 heterocycles. The van der Waals surface area contributed by atoms with E-state index in [1.54, 1.807) is 36.4 Å². The van der Waals surface area contributed by atoms with E-state index in [0.717, 1.165) is 12.1 Å². The van der Waals surface area contributed by atoms with Gasteiger partial charge in [-0.3, -0.25) is 14.9 Å². The third kappa shape index (κ3) is 5.29. The first-order valence-electron chi connectivity index (χ1n) is 9.99. The smallest absolute Gasteiger partial charge is 0.416 e. The Hall–Kier alpha value is -4.47. The molecule has 34 heavy (non-hydrogen) atoms. The molecular formula is C24H17F3N4O3. The molecule has 0 saturated heterocycles. The Morgan fingerprint density at radius 2 is 1.74 bits per heavy atom. The average Bonchev–Trinajstić information content (AvgIpc) is 2.78.